The fraction of sp³-hybridized carbons (Fsp3) is 0.375. The molecule has 24 heavy (non-hydrogen) atoms. The first-order valence-corrected chi connectivity index (χ1v) is 8.88. The zero-order valence-electron chi connectivity index (χ0n) is 13.3. The van der Waals surface area contributed by atoms with Crippen molar-refractivity contribution in [3.63, 3.8) is 0 Å². The van der Waals surface area contributed by atoms with Crippen LogP contribution in [0.15, 0.2) is 34.4 Å². The maximum atomic E-state index is 13.2. The number of esters is 1. The van der Waals surface area contributed by atoms with Crippen molar-refractivity contribution < 1.29 is 18.7 Å². The lowest BCUT2D eigenvalue weighted by molar-refractivity contribution is -0.139. The zero-order valence-corrected chi connectivity index (χ0v) is 14.9. The highest BCUT2D eigenvalue weighted by molar-refractivity contribution is 7.99. The second-order valence-corrected chi connectivity index (χ2v) is 6.49. The number of carbonyl (C=O) groups excluding carboxylic acids is 2. The van der Waals surface area contributed by atoms with Crippen LogP contribution in [0.1, 0.15) is 20.3 Å². The molecule has 1 aromatic carbocycles. The third-order valence-corrected chi connectivity index (χ3v) is 4.73. The number of carbonyl (C=O) groups is 2. The first-order valence-electron chi connectivity index (χ1n) is 7.51. The lowest BCUT2D eigenvalue weighted by Gasteiger charge is -2.28. The van der Waals surface area contributed by atoms with Crippen molar-refractivity contribution in [1.82, 2.24) is 10.6 Å². The second kappa shape index (κ2) is 8.39. The van der Waals surface area contributed by atoms with Crippen LogP contribution in [0.3, 0.4) is 0 Å². The van der Waals surface area contributed by atoms with Gasteiger partial charge in [0, 0.05) is 16.3 Å². The molecule has 0 aliphatic carbocycles. The Morgan fingerprint density at radius 1 is 1.42 bits per heavy atom. The molecule has 2 amide bonds. The molecule has 1 aliphatic rings. The average molecular weight is 373 g/mol. The normalized spacial score (nSPS) is 17.3. The molecule has 1 aliphatic heterocycles. The smallest absolute Gasteiger partial charge is 0.337 e. The van der Waals surface area contributed by atoms with Gasteiger partial charge in [-0.1, -0.05) is 18.5 Å². The van der Waals surface area contributed by atoms with Crippen LogP contribution < -0.4 is 10.6 Å². The van der Waals surface area contributed by atoms with Crippen LogP contribution in [0.25, 0.3) is 0 Å². The van der Waals surface area contributed by atoms with Crippen LogP contribution in [0, 0.1) is 5.82 Å². The molecule has 0 saturated carbocycles. The Bertz CT molecular complexity index is 681. The molecular formula is C16H18ClFN2O3S. The molecule has 2 N–H and O–H groups in total. The standard InChI is InChI=1S/C16H18ClFN2O3S/c1-3-12-14(15(21)23-4-2)13(20-16(22)19-12)8-24-9-5-6-11(18)10(17)7-9/h5-7,12H,3-4,8H2,1-2H3,(H2,19,20,22)/t12-/m0/s1. The molecule has 8 heteroatoms. The van der Waals surface area contributed by atoms with Crippen molar-refractivity contribution in [3.05, 3.63) is 40.3 Å². The highest BCUT2D eigenvalue weighted by Crippen LogP contribution is 2.27. The molecule has 0 fully saturated rings. The minimum Gasteiger partial charge on any atom is -0.463 e. The fourth-order valence-electron chi connectivity index (χ4n) is 2.30. The van der Waals surface area contributed by atoms with E-state index in [1.54, 1.807) is 13.0 Å². The Kier molecular flexibility index (Phi) is 6.51. The number of urea groups is 1. The van der Waals surface area contributed by atoms with Gasteiger partial charge in [0.2, 0.25) is 0 Å². The van der Waals surface area contributed by atoms with Crippen molar-refractivity contribution in [1.29, 1.82) is 0 Å². The van der Waals surface area contributed by atoms with Crippen LogP contribution in [-0.2, 0) is 9.53 Å². The number of benzene rings is 1. The summed E-state index contributed by atoms with van der Waals surface area (Å²) in [5.41, 5.74) is 0.911. The Morgan fingerprint density at radius 2 is 2.17 bits per heavy atom. The number of nitrogens with one attached hydrogen (secondary N) is 2. The Morgan fingerprint density at radius 3 is 2.79 bits per heavy atom. The molecule has 1 aromatic rings. The molecule has 0 bridgehead atoms. The average Bonchev–Trinajstić information content (AvgIpc) is 2.55. The third kappa shape index (κ3) is 4.42. The maximum absolute atomic E-state index is 13.2. The predicted molar refractivity (Wildman–Crippen MR) is 91.5 cm³/mol. The molecule has 5 nitrogen and oxygen atoms in total. The number of ether oxygens (including phenoxy) is 1. The van der Waals surface area contributed by atoms with Crippen LogP contribution in [0.2, 0.25) is 5.02 Å². The van der Waals surface area contributed by atoms with Gasteiger partial charge in [-0.15, -0.1) is 11.8 Å². The molecule has 1 heterocycles. The first-order chi connectivity index (χ1) is 11.5. The van der Waals surface area contributed by atoms with E-state index in [9.17, 15) is 14.0 Å². The van der Waals surface area contributed by atoms with Gasteiger partial charge in [-0.25, -0.2) is 14.0 Å². The van der Waals surface area contributed by atoms with E-state index in [0.717, 1.165) is 4.90 Å². The van der Waals surface area contributed by atoms with E-state index in [4.69, 9.17) is 16.3 Å². The quantitative estimate of drug-likeness (QED) is 0.592. The summed E-state index contributed by atoms with van der Waals surface area (Å²) in [5, 5.41) is 5.41. The van der Waals surface area contributed by atoms with Crippen molar-refractivity contribution in [2.24, 2.45) is 0 Å². The van der Waals surface area contributed by atoms with Crippen molar-refractivity contribution >= 4 is 35.4 Å². The summed E-state index contributed by atoms with van der Waals surface area (Å²) in [7, 11) is 0. The number of hydrogen-bond acceptors (Lipinski definition) is 4. The van der Waals surface area contributed by atoms with Gasteiger partial charge >= 0.3 is 12.0 Å². The minimum atomic E-state index is -0.492. The number of hydrogen-bond donors (Lipinski definition) is 2. The Hall–Kier alpha value is -1.73. The van der Waals surface area contributed by atoms with Gasteiger partial charge in [0.25, 0.3) is 0 Å². The number of halogens is 2. The van der Waals surface area contributed by atoms with Gasteiger partial charge in [0.05, 0.1) is 23.2 Å². The van der Waals surface area contributed by atoms with E-state index in [1.165, 1.54) is 23.9 Å². The van der Waals surface area contributed by atoms with Gasteiger partial charge < -0.3 is 15.4 Å². The number of thioether (sulfide) groups is 1. The molecule has 2 rings (SSSR count). The van der Waals surface area contributed by atoms with Crippen molar-refractivity contribution in [3.8, 4) is 0 Å². The zero-order chi connectivity index (χ0) is 17.7. The van der Waals surface area contributed by atoms with E-state index in [1.807, 2.05) is 6.92 Å². The molecule has 0 saturated heterocycles. The van der Waals surface area contributed by atoms with E-state index in [0.29, 0.717) is 23.4 Å². The molecule has 0 spiro atoms. The lowest BCUT2D eigenvalue weighted by atomic mass is 10.0. The summed E-state index contributed by atoms with van der Waals surface area (Å²) in [6, 6.07) is 3.62. The molecule has 0 radical (unpaired) electrons. The summed E-state index contributed by atoms with van der Waals surface area (Å²) in [4.78, 5) is 24.8. The summed E-state index contributed by atoms with van der Waals surface area (Å²) in [5.74, 6) is -0.613. The highest BCUT2D eigenvalue weighted by Gasteiger charge is 2.31. The number of amides is 2. The summed E-state index contributed by atoms with van der Waals surface area (Å²) >= 11 is 7.11. The van der Waals surface area contributed by atoms with Crippen LogP contribution >= 0.6 is 23.4 Å². The summed E-state index contributed by atoms with van der Waals surface area (Å²) in [6.07, 6.45) is 0.568. The first kappa shape index (κ1) is 18.6. The topological polar surface area (TPSA) is 67.4 Å². The maximum Gasteiger partial charge on any atom is 0.337 e. The van der Waals surface area contributed by atoms with Gasteiger partial charge in [0.15, 0.2) is 0 Å². The Labute approximate surface area is 149 Å². The second-order valence-electron chi connectivity index (χ2n) is 5.04. The lowest BCUT2D eigenvalue weighted by Crippen LogP contribution is -2.50. The van der Waals surface area contributed by atoms with Crippen LogP contribution in [-0.4, -0.2) is 30.4 Å². The molecule has 0 unspecified atom stereocenters. The third-order valence-electron chi connectivity index (χ3n) is 3.42. The minimum absolute atomic E-state index is 0.0281. The fourth-order valence-corrected chi connectivity index (χ4v) is 3.45. The van der Waals surface area contributed by atoms with Gasteiger partial charge in [-0.2, -0.15) is 0 Å². The monoisotopic (exact) mass is 372 g/mol. The summed E-state index contributed by atoms with van der Waals surface area (Å²) in [6.45, 7) is 3.85. The van der Waals surface area contributed by atoms with E-state index >= 15 is 0 Å². The summed E-state index contributed by atoms with van der Waals surface area (Å²) < 4.78 is 18.3. The molecule has 130 valence electrons. The van der Waals surface area contributed by atoms with E-state index in [-0.39, 0.29) is 17.7 Å². The van der Waals surface area contributed by atoms with Crippen LogP contribution in [0.5, 0.6) is 0 Å². The van der Waals surface area contributed by atoms with E-state index < -0.39 is 17.8 Å². The SMILES string of the molecule is CCOC(=O)C1=C(CSc2ccc(F)c(Cl)c2)NC(=O)N[C@H]1CC. The van der Waals surface area contributed by atoms with Gasteiger partial charge in [-0.05, 0) is 31.5 Å². The number of rotatable bonds is 6. The molecule has 0 aromatic heterocycles. The molecule has 1 atom stereocenters. The van der Waals surface area contributed by atoms with E-state index in [2.05, 4.69) is 10.6 Å². The van der Waals surface area contributed by atoms with Crippen molar-refractivity contribution in [2.75, 3.05) is 12.4 Å². The largest absolute Gasteiger partial charge is 0.463 e. The van der Waals surface area contributed by atoms with Gasteiger partial charge in [-0.3, -0.25) is 0 Å². The van der Waals surface area contributed by atoms with Gasteiger partial charge in [0.1, 0.15) is 5.82 Å². The highest BCUT2D eigenvalue weighted by atomic mass is 35.5. The van der Waals surface area contributed by atoms with Crippen LogP contribution in [0.4, 0.5) is 9.18 Å². The molecular weight excluding hydrogens is 355 g/mol. The van der Waals surface area contributed by atoms with Crippen molar-refractivity contribution in [2.45, 2.75) is 31.2 Å². The predicted octanol–water partition coefficient (Wildman–Crippen LogP) is 3.48. The Balaban J connectivity index is 2.24.